The first-order valence-corrected chi connectivity index (χ1v) is 8.50. The Hall–Kier alpha value is -0.540. The number of halogens is 1. The first-order chi connectivity index (χ1) is 9.61. The molecule has 0 fully saturated rings. The van der Waals surface area contributed by atoms with Gasteiger partial charge in [0.25, 0.3) is 0 Å². The van der Waals surface area contributed by atoms with E-state index in [1.165, 1.54) is 12.8 Å². The van der Waals surface area contributed by atoms with E-state index in [0.29, 0.717) is 5.92 Å². The summed E-state index contributed by atoms with van der Waals surface area (Å²) < 4.78 is 6.92. The zero-order valence-electron chi connectivity index (χ0n) is 13.0. The van der Waals surface area contributed by atoms with Crippen molar-refractivity contribution >= 4 is 15.9 Å². The summed E-state index contributed by atoms with van der Waals surface area (Å²) in [6.45, 7) is 9.81. The second-order valence-corrected chi connectivity index (χ2v) is 6.71. The van der Waals surface area contributed by atoms with Crippen molar-refractivity contribution in [3.8, 4) is 5.75 Å². The molecule has 0 aromatic heterocycles. The van der Waals surface area contributed by atoms with Crippen LogP contribution in [-0.4, -0.2) is 19.7 Å². The molecule has 0 spiro atoms. The SMILES string of the molecule is CCCNCC(CCOc1cccc(Br)c1)CC(C)C. The van der Waals surface area contributed by atoms with E-state index < -0.39 is 0 Å². The third kappa shape index (κ3) is 7.91. The van der Waals surface area contributed by atoms with Gasteiger partial charge in [0.2, 0.25) is 0 Å². The first kappa shape index (κ1) is 17.5. The highest BCUT2D eigenvalue weighted by Gasteiger charge is 2.11. The highest BCUT2D eigenvalue weighted by atomic mass is 79.9. The van der Waals surface area contributed by atoms with Crippen molar-refractivity contribution in [3.63, 3.8) is 0 Å². The third-order valence-corrected chi connectivity index (χ3v) is 3.75. The van der Waals surface area contributed by atoms with Gasteiger partial charge in [0.15, 0.2) is 0 Å². The van der Waals surface area contributed by atoms with Crippen molar-refractivity contribution in [2.24, 2.45) is 11.8 Å². The van der Waals surface area contributed by atoms with Crippen LogP contribution in [0.1, 0.15) is 40.0 Å². The van der Waals surface area contributed by atoms with E-state index in [0.717, 1.165) is 42.3 Å². The Morgan fingerprint density at radius 2 is 2.10 bits per heavy atom. The zero-order chi connectivity index (χ0) is 14.8. The summed E-state index contributed by atoms with van der Waals surface area (Å²) in [6.07, 6.45) is 3.57. The van der Waals surface area contributed by atoms with Crippen LogP contribution in [0.25, 0.3) is 0 Å². The molecule has 0 aliphatic carbocycles. The van der Waals surface area contributed by atoms with Crippen LogP contribution in [-0.2, 0) is 0 Å². The lowest BCUT2D eigenvalue weighted by atomic mass is 9.94. The molecule has 0 aliphatic heterocycles. The molecular weight excluding hydrogens is 314 g/mol. The molecule has 0 saturated heterocycles. The molecule has 1 unspecified atom stereocenters. The van der Waals surface area contributed by atoms with Gasteiger partial charge in [0.05, 0.1) is 6.61 Å². The number of benzene rings is 1. The lowest BCUT2D eigenvalue weighted by Gasteiger charge is -2.20. The second kappa shape index (κ2) is 10.2. The quantitative estimate of drug-likeness (QED) is 0.612. The minimum Gasteiger partial charge on any atom is -0.494 e. The molecule has 2 nitrogen and oxygen atoms in total. The molecule has 3 heteroatoms. The molecule has 0 radical (unpaired) electrons. The van der Waals surface area contributed by atoms with Crippen molar-refractivity contribution in [1.82, 2.24) is 5.32 Å². The van der Waals surface area contributed by atoms with Gasteiger partial charge in [-0.15, -0.1) is 0 Å². The maximum absolute atomic E-state index is 5.85. The Bertz CT molecular complexity index is 368. The van der Waals surface area contributed by atoms with Gasteiger partial charge < -0.3 is 10.1 Å². The van der Waals surface area contributed by atoms with Gasteiger partial charge in [0.1, 0.15) is 5.75 Å². The molecule has 1 atom stereocenters. The normalized spacial score (nSPS) is 12.7. The van der Waals surface area contributed by atoms with Gasteiger partial charge in [-0.25, -0.2) is 0 Å². The molecule has 1 aromatic rings. The van der Waals surface area contributed by atoms with Crippen molar-refractivity contribution in [1.29, 1.82) is 0 Å². The van der Waals surface area contributed by atoms with E-state index >= 15 is 0 Å². The zero-order valence-corrected chi connectivity index (χ0v) is 14.6. The van der Waals surface area contributed by atoms with Crippen LogP contribution < -0.4 is 10.1 Å². The minimum absolute atomic E-state index is 0.703. The summed E-state index contributed by atoms with van der Waals surface area (Å²) in [6, 6.07) is 8.06. The van der Waals surface area contributed by atoms with Crippen LogP contribution in [0, 0.1) is 11.8 Å². The number of ether oxygens (including phenoxy) is 1. The van der Waals surface area contributed by atoms with E-state index in [1.807, 2.05) is 24.3 Å². The smallest absolute Gasteiger partial charge is 0.120 e. The van der Waals surface area contributed by atoms with E-state index in [-0.39, 0.29) is 0 Å². The lowest BCUT2D eigenvalue weighted by Crippen LogP contribution is -2.26. The maximum atomic E-state index is 5.85. The van der Waals surface area contributed by atoms with E-state index in [9.17, 15) is 0 Å². The van der Waals surface area contributed by atoms with Gasteiger partial charge in [-0.3, -0.25) is 0 Å². The molecule has 114 valence electrons. The number of nitrogens with one attached hydrogen (secondary N) is 1. The summed E-state index contributed by atoms with van der Waals surface area (Å²) in [5, 5.41) is 3.54. The van der Waals surface area contributed by atoms with Crippen molar-refractivity contribution in [2.45, 2.75) is 40.0 Å². The Balaban J connectivity index is 2.33. The summed E-state index contributed by atoms with van der Waals surface area (Å²) in [7, 11) is 0. The molecule has 1 N–H and O–H groups in total. The molecular formula is C17H28BrNO. The molecule has 1 rings (SSSR count). The fourth-order valence-corrected chi connectivity index (χ4v) is 2.73. The Morgan fingerprint density at radius 1 is 1.30 bits per heavy atom. The Morgan fingerprint density at radius 3 is 2.75 bits per heavy atom. The predicted molar refractivity (Wildman–Crippen MR) is 90.4 cm³/mol. The van der Waals surface area contributed by atoms with Gasteiger partial charge in [-0.05, 0) is 62.4 Å². The van der Waals surface area contributed by atoms with Crippen LogP contribution >= 0.6 is 15.9 Å². The van der Waals surface area contributed by atoms with Crippen molar-refractivity contribution in [3.05, 3.63) is 28.7 Å². The standard InChI is InChI=1S/C17H28BrNO/c1-4-9-19-13-15(11-14(2)3)8-10-20-17-7-5-6-16(18)12-17/h5-7,12,14-15,19H,4,8-11,13H2,1-3H3. The number of hydrogen-bond acceptors (Lipinski definition) is 2. The molecule has 1 aromatic carbocycles. The number of hydrogen-bond donors (Lipinski definition) is 1. The van der Waals surface area contributed by atoms with Crippen LogP contribution in [0.4, 0.5) is 0 Å². The minimum atomic E-state index is 0.703. The topological polar surface area (TPSA) is 21.3 Å². The second-order valence-electron chi connectivity index (χ2n) is 5.79. The van der Waals surface area contributed by atoms with E-state index in [2.05, 4.69) is 42.0 Å². The molecule has 0 amide bonds. The van der Waals surface area contributed by atoms with E-state index in [1.54, 1.807) is 0 Å². The fourth-order valence-electron chi connectivity index (χ4n) is 2.35. The molecule has 0 heterocycles. The highest BCUT2D eigenvalue weighted by Crippen LogP contribution is 2.19. The Kier molecular flexibility index (Phi) is 8.95. The fraction of sp³-hybridized carbons (Fsp3) is 0.647. The lowest BCUT2D eigenvalue weighted by molar-refractivity contribution is 0.257. The van der Waals surface area contributed by atoms with Gasteiger partial charge in [-0.2, -0.15) is 0 Å². The molecule has 0 saturated carbocycles. The largest absolute Gasteiger partial charge is 0.494 e. The average Bonchev–Trinajstić information content (AvgIpc) is 2.38. The van der Waals surface area contributed by atoms with Crippen LogP contribution in [0.5, 0.6) is 5.75 Å². The van der Waals surface area contributed by atoms with Gasteiger partial charge in [-0.1, -0.05) is 42.8 Å². The third-order valence-electron chi connectivity index (χ3n) is 3.26. The van der Waals surface area contributed by atoms with Crippen molar-refractivity contribution in [2.75, 3.05) is 19.7 Å². The highest BCUT2D eigenvalue weighted by molar-refractivity contribution is 9.10. The number of rotatable bonds is 10. The first-order valence-electron chi connectivity index (χ1n) is 7.71. The maximum Gasteiger partial charge on any atom is 0.120 e. The van der Waals surface area contributed by atoms with Gasteiger partial charge in [0, 0.05) is 4.47 Å². The molecule has 0 aliphatic rings. The van der Waals surface area contributed by atoms with Gasteiger partial charge >= 0.3 is 0 Å². The molecule has 20 heavy (non-hydrogen) atoms. The summed E-state index contributed by atoms with van der Waals surface area (Å²) >= 11 is 3.47. The van der Waals surface area contributed by atoms with Crippen LogP contribution in [0.2, 0.25) is 0 Å². The Labute approximate surface area is 132 Å². The summed E-state index contributed by atoms with van der Waals surface area (Å²) in [5.41, 5.74) is 0. The monoisotopic (exact) mass is 341 g/mol. The summed E-state index contributed by atoms with van der Waals surface area (Å²) in [4.78, 5) is 0. The van der Waals surface area contributed by atoms with Crippen LogP contribution in [0.3, 0.4) is 0 Å². The molecule has 0 bridgehead atoms. The van der Waals surface area contributed by atoms with Crippen LogP contribution in [0.15, 0.2) is 28.7 Å². The predicted octanol–water partition coefficient (Wildman–Crippen LogP) is 4.88. The van der Waals surface area contributed by atoms with E-state index in [4.69, 9.17) is 4.74 Å². The average molecular weight is 342 g/mol. The van der Waals surface area contributed by atoms with Crippen molar-refractivity contribution < 1.29 is 4.74 Å². The summed E-state index contributed by atoms with van der Waals surface area (Å²) in [5.74, 6) is 2.40.